The summed E-state index contributed by atoms with van der Waals surface area (Å²) in [5.74, 6) is -0.544. The van der Waals surface area contributed by atoms with E-state index in [2.05, 4.69) is 10.1 Å². The van der Waals surface area contributed by atoms with Crippen LogP contribution in [0.3, 0.4) is 0 Å². The smallest absolute Gasteiger partial charge is 0.328 e. The van der Waals surface area contributed by atoms with E-state index in [-0.39, 0.29) is 17.9 Å². The van der Waals surface area contributed by atoms with Gasteiger partial charge in [-0.05, 0) is 18.8 Å². The van der Waals surface area contributed by atoms with Crippen LogP contribution in [0.1, 0.15) is 33.1 Å². The molecule has 0 aromatic rings. The third-order valence-corrected chi connectivity index (χ3v) is 2.88. The average Bonchev–Trinajstić information content (AvgIpc) is 2.77. The summed E-state index contributed by atoms with van der Waals surface area (Å²) in [6.07, 6.45) is 2.24. The Hall–Kier alpha value is -1.10. The lowest BCUT2D eigenvalue weighted by molar-refractivity contribution is -0.146. The number of carbonyl (C=O) groups excluding carboxylic acids is 2. The molecule has 5 nitrogen and oxygen atoms in total. The fourth-order valence-electron chi connectivity index (χ4n) is 1.87. The monoisotopic (exact) mass is 243 g/mol. The van der Waals surface area contributed by atoms with Gasteiger partial charge in [-0.1, -0.05) is 13.8 Å². The van der Waals surface area contributed by atoms with Gasteiger partial charge < -0.3 is 14.8 Å². The van der Waals surface area contributed by atoms with Crippen molar-refractivity contribution in [2.24, 2.45) is 5.92 Å². The van der Waals surface area contributed by atoms with Crippen molar-refractivity contribution in [3.05, 3.63) is 0 Å². The van der Waals surface area contributed by atoms with Crippen molar-refractivity contribution < 1.29 is 19.1 Å². The second-order valence-corrected chi connectivity index (χ2v) is 4.65. The van der Waals surface area contributed by atoms with Gasteiger partial charge in [0.2, 0.25) is 5.91 Å². The van der Waals surface area contributed by atoms with E-state index < -0.39 is 12.0 Å². The van der Waals surface area contributed by atoms with Crippen LogP contribution in [0.4, 0.5) is 0 Å². The summed E-state index contributed by atoms with van der Waals surface area (Å²) in [6, 6.07) is -0.575. The Kier molecular flexibility index (Phi) is 5.41. The highest BCUT2D eigenvalue weighted by molar-refractivity contribution is 5.84. The molecule has 1 aliphatic heterocycles. The van der Waals surface area contributed by atoms with Crippen LogP contribution in [0, 0.1) is 5.92 Å². The number of rotatable bonds is 5. The number of hydrogen-bond acceptors (Lipinski definition) is 4. The second kappa shape index (κ2) is 6.59. The van der Waals surface area contributed by atoms with E-state index in [9.17, 15) is 9.59 Å². The molecule has 0 saturated carbocycles. The van der Waals surface area contributed by atoms with Crippen molar-refractivity contribution >= 4 is 11.9 Å². The highest BCUT2D eigenvalue weighted by Crippen LogP contribution is 2.15. The number of ether oxygens (including phenoxy) is 2. The lowest BCUT2D eigenvalue weighted by Gasteiger charge is -2.20. The van der Waals surface area contributed by atoms with Gasteiger partial charge in [0.1, 0.15) is 6.04 Å². The predicted molar refractivity (Wildman–Crippen MR) is 62.4 cm³/mol. The number of hydrogen-bond donors (Lipinski definition) is 1. The number of nitrogens with one attached hydrogen (secondary N) is 1. The minimum atomic E-state index is -0.575. The van der Waals surface area contributed by atoms with Crippen molar-refractivity contribution in [2.45, 2.75) is 45.3 Å². The third-order valence-electron chi connectivity index (χ3n) is 2.88. The lowest BCUT2D eigenvalue weighted by atomic mass is 10.0. The van der Waals surface area contributed by atoms with Gasteiger partial charge in [0.15, 0.2) is 0 Å². The second-order valence-electron chi connectivity index (χ2n) is 4.65. The average molecular weight is 243 g/mol. The fourth-order valence-corrected chi connectivity index (χ4v) is 1.87. The molecular formula is C12H21NO4. The standard InChI is InChI=1S/C12H21NO4/c1-8(2)11(12(15)16-3)13-10(14)7-9-5-4-6-17-9/h8-9,11H,4-7H2,1-3H3,(H,13,14). The van der Waals surface area contributed by atoms with E-state index in [0.717, 1.165) is 19.4 Å². The number of methoxy groups -OCH3 is 1. The Morgan fingerprint density at radius 2 is 2.18 bits per heavy atom. The minimum Gasteiger partial charge on any atom is -0.467 e. The van der Waals surface area contributed by atoms with E-state index in [0.29, 0.717) is 6.42 Å². The van der Waals surface area contributed by atoms with Crippen LogP contribution in [0.15, 0.2) is 0 Å². The molecule has 0 bridgehead atoms. The first-order chi connectivity index (χ1) is 8.04. The van der Waals surface area contributed by atoms with Gasteiger partial charge >= 0.3 is 5.97 Å². The number of amides is 1. The first kappa shape index (κ1) is 14.0. The van der Waals surface area contributed by atoms with Crippen LogP contribution < -0.4 is 5.32 Å². The molecule has 1 amide bonds. The Morgan fingerprint density at radius 3 is 2.65 bits per heavy atom. The van der Waals surface area contributed by atoms with Crippen molar-refractivity contribution in [3.63, 3.8) is 0 Å². The van der Waals surface area contributed by atoms with Crippen LogP contribution in [0.2, 0.25) is 0 Å². The van der Waals surface area contributed by atoms with Gasteiger partial charge in [-0.25, -0.2) is 4.79 Å². The summed E-state index contributed by atoms with van der Waals surface area (Å²) >= 11 is 0. The van der Waals surface area contributed by atoms with Crippen LogP contribution in [-0.4, -0.2) is 37.7 Å². The first-order valence-electron chi connectivity index (χ1n) is 6.03. The van der Waals surface area contributed by atoms with Crippen molar-refractivity contribution in [3.8, 4) is 0 Å². The van der Waals surface area contributed by atoms with Gasteiger partial charge in [-0.15, -0.1) is 0 Å². The van der Waals surface area contributed by atoms with Gasteiger partial charge in [0, 0.05) is 6.61 Å². The zero-order valence-corrected chi connectivity index (χ0v) is 10.7. The maximum atomic E-state index is 11.7. The summed E-state index contributed by atoms with van der Waals surface area (Å²) < 4.78 is 10.0. The molecule has 0 aromatic heterocycles. The molecule has 0 spiro atoms. The summed E-state index contributed by atoms with van der Waals surface area (Å²) in [5.41, 5.74) is 0. The van der Waals surface area contributed by atoms with Crippen LogP contribution in [-0.2, 0) is 19.1 Å². The molecule has 1 aliphatic rings. The molecule has 2 atom stereocenters. The molecular weight excluding hydrogens is 222 g/mol. The molecule has 5 heteroatoms. The van der Waals surface area contributed by atoms with Crippen molar-refractivity contribution in [2.75, 3.05) is 13.7 Å². The summed E-state index contributed by atoms with van der Waals surface area (Å²) in [4.78, 5) is 23.2. The zero-order chi connectivity index (χ0) is 12.8. The fraction of sp³-hybridized carbons (Fsp3) is 0.833. The van der Waals surface area contributed by atoms with E-state index in [1.54, 1.807) is 0 Å². The van der Waals surface area contributed by atoms with Crippen LogP contribution in [0.25, 0.3) is 0 Å². The lowest BCUT2D eigenvalue weighted by Crippen LogP contribution is -2.45. The zero-order valence-electron chi connectivity index (χ0n) is 10.7. The Bertz CT molecular complexity index is 272. The molecule has 17 heavy (non-hydrogen) atoms. The molecule has 1 fully saturated rings. The summed E-state index contributed by atoms with van der Waals surface area (Å²) in [5, 5.41) is 2.70. The molecule has 0 aromatic carbocycles. The summed E-state index contributed by atoms with van der Waals surface area (Å²) in [7, 11) is 1.32. The first-order valence-corrected chi connectivity index (χ1v) is 6.03. The van der Waals surface area contributed by atoms with Crippen molar-refractivity contribution in [1.82, 2.24) is 5.32 Å². The number of esters is 1. The maximum Gasteiger partial charge on any atom is 0.328 e. The molecule has 0 aliphatic carbocycles. The Labute approximate surface area is 102 Å². The Balaban J connectivity index is 2.43. The van der Waals surface area contributed by atoms with Crippen molar-refractivity contribution in [1.29, 1.82) is 0 Å². The van der Waals surface area contributed by atoms with Gasteiger partial charge in [0.25, 0.3) is 0 Å². The van der Waals surface area contributed by atoms with Crippen LogP contribution >= 0.6 is 0 Å². The summed E-state index contributed by atoms with van der Waals surface area (Å²) in [6.45, 7) is 4.46. The highest BCUT2D eigenvalue weighted by atomic mass is 16.5. The number of carbonyl (C=O) groups is 2. The molecule has 98 valence electrons. The third kappa shape index (κ3) is 4.34. The topological polar surface area (TPSA) is 64.6 Å². The minimum absolute atomic E-state index is 0.000425. The Morgan fingerprint density at radius 1 is 1.47 bits per heavy atom. The van der Waals surface area contributed by atoms with Crippen LogP contribution in [0.5, 0.6) is 0 Å². The highest BCUT2D eigenvalue weighted by Gasteiger charge is 2.26. The normalized spacial score (nSPS) is 21.3. The molecule has 2 unspecified atom stereocenters. The van der Waals surface area contributed by atoms with E-state index in [4.69, 9.17) is 4.74 Å². The van der Waals surface area contributed by atoms with Gasteiger partial charge in [-0.2, -0.15) is 0 Å². The molecule has 1 rings (SSSR count). The SMILES string of the molecule is COC(=O)C(NC(=O)CC1CCCO1)C(C)C. The molecule has 0 radical (unpaired) electrons. The molecule has 1 saturated heterocycles. The largest absolute Gasteiger partial charge is 0.467 e. The quantitative estimate of drug-likeness (QED) is 0.728. The maximum absolute atomic E-state index is 11.7. The van der Waals surface area contributed by atoms with E-state index in [1.165, 1.54) is 7.11 Å². The van der Waals surface area contributed by atoms with E-state index >= 15 is 0 Å². The van der Waals surface area contributed by atoms with Gasteiger partial charge in [-0.3, -0.25) is 4.79 Å². The van der Waals surface area contributed by atoms with E-state index in [1.807, 2.05) is 13.8 Å². The van der Waals surface area contributed by atoms with Gasteiger partial charge in [0.05, 0.1) is 19.6 Å². The molecule has 1 heterocycles. The molecule has 1 N–H and O–H groups in total. The predicted octanol–water partition coefficient (Wildman–Crippen LogP) is 0.869.